The first-order chi connectivity index (χ1) is 6.72. The number of aryl methyl sites for hydroxylation is 1. The second kappa shape index (κ2) is 3.14. The summed E-state index contributed by atoms with van der Waals surface area (Å²) >= 11 is 0. The van der Waals surface area contributed by atoms with Crippen LogP contribution in [0.4, 0.5) is 11.8 Å². The number of nitrogens with zero attached hydrogens (tertiary/aromatic N) is 2. The van der Waals surface area contributed by atoms with E-state index in [-0.39, 0.29) is 5.95 Å². The molecule has 0 amide bonds. The highest BCUT2D eigenvalue weighted by Gasteiger charge is 2.05. The highest BCUT2D eigenvalue weighted by atomic mass is 15.0. The molecule has 0 bridgehead atoms. The predicted octanol–water partition coefficient (Wildman–Crippen LogP) is 1.36. The zero-order chi connectivity index (χ0) is 10.1. The number of fused-ring (bicyclic) bond motifs is 1. The smallest absolute Gasteiger partial charge is 0.222 e. The van der Waals surface area contributed by atoms with Crippen molar-refractivity contribution in [2.24, 2.45) is 0 Å². The van der Waals surface area contributed by atoms with E-state index in [1.165, 1.54) is 0 Å². The molecule has 14 heavy (non-hydrogen) atoms. The maximum atomic E-state index is 5.75. The Labute approximate surface area is 82.0 Å². The van der Waals surface area contributed by atoms with Gasteiger partial charge in [-0.2, -0.15) is 4.98 Å². The van der Waals surface area contributed by atoms with Gasteiger partial charge < -0.3 is 11.5 Å². The molecule has 4 heteroatoms. The lowest BCUT2D eigenvalue weighted by molar-refractivity contribution is 1.13. The first-order valence-corrected chi connectivity index (χ1v) is 4.53. The zero-order valence-corrected chi connectivity index (χ0v) is 7.99. The summed E-state index contributed by atoms with van der Waals surface area (Å²) in [5, 5.41) is 0.874. The summed E-state index contributed by atoms with van der Waals surface area (Å²) in [6.07, 6.45) is 0.910. The van der Waals surface area contributed by atoms with Crippen LogP contribution in [0.25, 0.3) is 10.9 Å². The number of hydrogen-bond acceptors (Lipinski definition) is 4. The van der Waals surface area contributed by atoms with Gasteiger partial charge in [0.15, 0.2) is 0 Å². The van der Waals surface area contributed by atoms with Crippen molar-refractivity contribution in [3.8, 4) is 0 Å². The molecule has 1 aromatic carbocycles. The van der Waals surface area contributed by atoms with Crippen molar-refractivity contribution in [3.05, 3.63) is 23.8 Å². The molecule has 0 atom stereocenters. The summed E-state index contributed by atoms with van der Waals surface area (Å²) in [5.74, 6) is 0.679. The average molecular weight is 188 g/mol. The van der Waals surface area contributed by atoms with E-state index in [0.29, 0.717) is 5.82 Å². The summed E-state index contributed by atoms with van der Waals surface area (Å²) in [6.45, 7) is 2.07. The van der Waals surface area contributed by atoms with Crippen molar-refractivity contribution in [1.82, 2.24) is 9.97 Å². The number of anilines is 2. The average Bonchev–Trinajstić information content (AvgIpc) is 2.17. The molecule has 0 spiro atoms. The molecule has 0 saturated heterocycles. The molecule has 4 N–H and O–H groups in total. The SMILES string of the molecule is CCc1cccc2c(N)nc(N)nc12. The maximum Gasteiger partial charge on any atom is 0.222 e. The Morgan fingerprint density at radius 1 is 1.21 bits per heavy atom. The van der Waals surface area contributed by atoms with Gasteiger partial charge in [-0.1, -0.05) is 19.1 Å². The van der Waals surface area contributed by atoms with E-state index in [1.54, 1.807) is 0 Å². The number of hydrogen-bond donors (Lipinski definition) is 2. The van der Waals surface area contributed by atoms with E-state index in [1.807, 2.05) is 18.2 Å². The Morgan fingerprint density at radius 2 is 2.00 bits per heavy atom. The van der Waals surface area contributed by atoms with Crippen LogP contribution in [0.2, 0.25) is 0 Å². The molecular weight excluding hydrogens is 176 g/mol. The van der Waals surface area contributed by atoms with Crippen molar-refractivity contribution < 1.29 is 0 Å². The molecule has 1 aromatic heterocycles. The summed E-state index contributed by atoms with van der Waals surface area (Å²) in [4.78, 5) is 8.12. The third kappa shape index (κ3) is 1.25. The van der Waals surface area contributed by atoms with Gasteiger partial charge in [-0.25, -0.2) is 4.98 Å². The van der Waals surface area contributed by atoms with Crippen LogP contribution in [0.5, 0.6) is 0 Å². The molecule has 2 aromatic rings. The van der Waals surface area contributed by atoms with Crippen LogP contribution in [0.1, 0.15) is 12.5 Å². The van der Waals surface area contributed by atoms with Crippen molar-refractivity contribution in [3.63, 3.8) is 0 Å². The van der Waals surface area contributed by atoms with Crippen LogP contribution >= 0.6 is 0 Å². The summed E-state index contributed by atoms with van der Waals surface area (Å²) in [6, 6.07) is 5.88. The third-order valence-electron chi connectivity index (χ3n) is 2.24. The molecule has 0 aliphatic heterocycles. The van der Waals surface area contributed by atoms with E-state index >= 15 is 0 Å². The van der Waals surface area contributed by atoms with Gasteiger partial charge >= 0.3 is 0 Å². The van der Waals surface area contributed by atoms with Crippen LogP contribution in [-0.4, -0.2) is 9.97 Å². The van der Waals surface area contributed by atoms with E-state index in [9.17, 15) is 0 Å². The molecule has 1 heterocycles. The lowest BCUT2D eigenvalue weighted by Gasteiger charge is -2.05. The van der Waals surface area contributed by atoms with Gasteiger partial charge in [-0.15, -0.1) is 0 Å². The number of aromatic nitrogens is 2. The Kier molecular flexibility index (Phi) is 1.96. The van der Waals surface area contributed by atoms with Crippen LogP contribution in [0.15, 0.2) is 18.2 Å². The fraction of sp³-hybridized carbons (Fsp3) is 0.200. The Morgan fingerprint density at radius 3 is 2.71 bits per heavy atom. The van der Waals surface area contributed by atoms with Crippen molar-refractivity contribution in [2.45, 2.75) is 13.3 Å². The predicted molar refractivity (Wildman–Crippen MR) is 57.7 cm³/mol. The number of benzene rings is 1. The van der Waals surface area contributed by atoms with Gasteiger partial charge in [0.25, 0.3) is 0 Å². The summed E-state index contributed by atoms with van der Waals surface area (Å²) in [5.41, 5.74) is 13.3. The third-order valence-corrected chi connectivity index (χ3v) is 2.24. The normalized spacial score (nSPS) is 10.6. The molecular formula is C10H12N4. The van der Waals surface area contributed by atoms with Gasteiger partial charge in [0.1, 0.15) is 5.82 Å². The van der Waals surface area contributed by atoms with Crippen molar-refractivity contribution in [1.29, 1.82) is 0 Å². The fourth-order valence-electron chi connectivity index (χ4n) is 1.54. The lowest BCUT2D eigenvalue weighted by Crippen LogP contribution is -2.01. The quantitative estimate of drug-likeness (QED) is 0.708. The minimum atomic E-state index is 0.232. The zero-order valence-electron chi connectivity index (χ0n) is 7.99. The molecule has 0 fully saturated rings. The minimum absolute atomic E-state index is 0.232. The maximum absolute atomic E-state index is 5.75. The molecule has 0 saturated carbocycles. The highest BCUT2D eigenvalue weighted by molar-refractivity contribution is 5.91. The molecule has 4 nitrogen and oxygen atoms in total. The van der Waals surface area contributed by atoms with Crippen molar-refractivity contribution in [2.75, 3.05) is 11.5 Å². The molecule has 0 aliphatic rings. The monoisotopic (exact) mass is 188 g/mol. The number of nitrogens with two attached hydrogens (primary N) is 2. The van der Waals surface area contributed by atoms with Crippen LogP contribution in [-0.2, 0) is 6.42 Å². The fourth-order valence-corrected chi connectivity index (χ4v) is 1.54. The number of nitrogen functional groups attached to an aromatic ring is 2. The molecule has 0 radical (unpaired) electrons. The molecule has 0 unspecified atom stereocenters. The van der Waals surface area contributed by atoms with Gasteiger partial charge in [0, 0.05) is 5.39 Å². The first kappa shape index (κ1) is 8.74. The lowest BCUT2D eigenvalue weighted by atomic mass is 10.1. The second-order valence-electron chi connectivity index (χ2n) is 3.13. The summed E-state index contributed by atoms with van der Waals surface area (Å²) in [7, 11) is 0. The van der Waals surface area contributed by atoms with Gasteiger partial charge in [-0.3, -0.25) is 0 Å². The van der Waals surface area contributed by atoms with Crippen LogP contribution in [0.3, 0.4) is 0 Å². The Balaban J connectivity index is 2.86. The Bertz CT molecular complexity index is 479. The van der Waals surface area contributed by atoms with Gasteiger partial charge in [0.05, 0.1) is 5.52 Å². The number of rotatable bonds is 1. The molecule has 72 valence electrons. The largest absolute Gasteiger partial charge is 0.383 e. The van der Waals surface area contributed by atoms with Crippen LogP contribution < -0.4 is 11.5 Å². The highest BCUT2D eigenvalue weighted by Crippen LogP contribution is 2.21. The topological polar surface area (TPSA) is 77.8 Å². The van der Waals surface area contributed by atoms with E-state index < -0.39 is 0 Å². The van der Waals surface area contributed by atoms with E-state index in [4.69, 9.17) is 11.5 Å². The first-order valence-electron chi connectivity index (χ1n) is 4.53. The molecule has 0 aliphatic carbocycles. The molecule has 2 rings (SSSR count). The van der Waals surface area contributed by atoms with E-state index in [2.05, 4.69) is 16.9 Å². The minimum Gasteiger partial charge on any atom is -0.383 e. The second-order valence-corrected chi connectivity index (χ2v) is 3.13. The van der Waals surface area contributed by atoms with Crippen LogP contribution in [0, 0.1) is 0 Å². The summed E-state index contributed by atoms with van der Waals surface area (Å²) < 4.78 is 0. The standard InChI is InChI=1S/C10H12N4/c1-2-6-4-3-5-7-8(6)13-10(12)14-9(7)11/h3-5H,2H2,1H3,(H4,11,12,13,14). The van der Waals surface area contributed by atoms with Gasteiger partial charge in [0.2, 0.25) is 5.95 Å². The van der Waals surface area contributed by atoms with Crippen molar-refractivity contribution >= 4 is 22.7 Å². The van der Waals surface area contributed by atoms with Gasteiger partial charge in [-0.05, 0) is 18.1 Å². The Hall–Kier alpha value is -1.84. The van der Waals surface area contributed by atoms with E-state index in [0.717, 1.165) is 22.9 Å². The number of para-hydroxylation sites is 1.